The van der Waals surface area contributed by atoms with Crippen molar-refractivity contribution < 1.29 is 4.52 Å². The second-order valence-corrected chi connectivity index (χ2v) is 5.99. The van der Waals surface area contributed by atoms with Crippen LogP contribution in [0, 0.1) is 0 Å². The molecule has 0 saturated carbocycles. The van der Waals surface area contributed by atoms with Crippen LogP contribution < -0.4 is 5.73 Å². The molecule has 1 aromatic carbocycles. The van der Waals surface area contributed by atoms with E-state index in [1.165, 1.54) is 0 Å². The molecule has 0 unspecified atom stereocenters. The highest BCUT2D eigenvalue weighted by molar-refractivity contribution is 6.36. The molecule has 0 atom stereocenters. The van der Waals surface area contributed by atoms with Crippen LogP contribution in [0.5, 0.6) is 0 Å². The summed E-state index contributed by atoms with van der Waals surface area (Å²) in [7, 11) is 0. The molecule has 0 amide bonds. The summed E-state index contributed by atoms with van der Waals surface area (Å²) < 4.78 is 5.10. The molecule has 1 aromatic heterocycles. The van der Waals surface area contributed by atoms with Gasteiger partial charge in [-0.2, -0.15) is 0 Å². The second kappa shape index (κ2) is 4.48. The first kappa shape index (κ1) is 13.2. The molecule has 0 spiro atoms. The van der Waals surface area contributed by atoms with Crippen molar-refractivity contribution in [1.29, 1.82) is 0 Å². The summed E-state index contributed by atoms with van der Waals surface area (Å²) in [6, 6.07) is 5.27. The van der Waals surface area contributed by atoms with Crippen LogP contribution >= 0.6 is 23.2 Å². The fraction of sp³-hybridized carbons (Fsp3) is 0.308. The van der Waals surface area contributed by atoms with Crippen LogP contribution in [-0.4, -0.2) is 5.16 Å². The molecule has 0 aliphatic rings. The summed E-state index contributed by atoms with van der Waals surface area (Å²) >= 11 is 12.1. The largest absolute Gasteiger partial charge is 0.367 e. The highest BCUT2D eigenvalue weighted by atomic mass is 35.5. The third kappa shape index (κ3) is 2.33. The van der Waals surface area contributed by atoms with E-state index < -0.39 is 0 Å². The molecule has 3 nitrogen and oxygen atoms in total. The van der Waals surface area contributed by atoms with Crippen LogP contribution in [0.2, 0.25) is 10.0 Å². The number of halogens is 2. The highest BCUT2D eigenvalue weighted by Crippen LogP contribution is 2.40. The Morgan fingerprint density at radius 3 is 2.44 bits per heavy atom. The van der Waals surface area contributed by atoms with Gasteiger partial charge in [-0.05, 0) is 12.1 Å². The molecule has 1 heterocycles. The lowest BCUT2D eigenvalue weighted by Gasteiger charge is -2.17. The van der Waals surface area contributed by atoms with Gasteiger partial charge in [0.1, 0.15) is 0 Å². The van der Waals surface area contributed by atoms with Crippen molar-refractivity contribution in [2.24, 2.45) is 0 Å². The number of nitrogen functional groups attached to an aromatic ring is 1. The lowest BCUT2D eigenvalue weighted by Crippen LogP contribution is -2.13. The molecule has 0 aliphatic heterocycles. The molecule has 0 fully saturated rings. The van der Waals surface area contributed by atoms with Crippen molar-refractivity contribution in [3.05, 3.63) is 33.9 Å². The van der Waals surface area contributed by atoms with Gasteiger partial charge < -0.3 is 10.3 Å². The SMILES string of the molecule is CC(C)(C)c1noc(N)c1-c1ccc(Cl)cc1Cl. The summed E-state index contributed by atoms with van der Waals surface area (Å²) in [5, 5.41) is 5.15. The van der Waals surface area contributed by atoms with E-state index >= 15 is 0 Å². The molecular formula is C13H14Cl2N2O. The summed E-state index contributed by atoms with van der Waals surface area (Å²) in [4.78, 5) is 0. The Morgan fingerprint density at radius 1 is 1.22 bits per heavy atom. The third-order valence-corrected chi connectivity index (χ3v) is 3.18. The van der Waals surface area contributed by atoms with Crippen molar-refractivity contribution in [2.45, 2.75) is 26.2 Å². The predicted octanol–water partition coefficient (Wildman–Crippen LogP) is 4.53. The lowest BCUT2D eigenvalue weighted by molar-refractivity contribution is 0.405. The van der Waals surface area contributed by atoms with Crippen LogP contribution in [0.4, 0.5) is 5.88 Å². The molecule has 96 valence electrons. The van der Waals surface area contributed by atoms with E-state index in [1.807, 2.05) is 26.8 Å². The van der Waals surface area contributed by atoms with Crippen molar-refractivity contribution in [1.82, 2.24) is 5.16 Å². The fourth-order valence-electron chi connectivity index (χ4n) is 1.77. The molecular weight excluding hydrogens is 271 g/mol. The summed E-state index contributed by atoms with van der Waals surface area (Å²) in [5.74, 6) is 0.268. The van der Waals surface area contributed by atoms with E-state index in [1.54, 1.807) is 12.1 Å². The number of aromatic nitrogens is 1. The molecule has 2 N–H and O–H groups in total. The molecule has 2 rings (SSSR count). The van der Waals surface area contributed by atoms with E-state index in [-0.39, 0.29) is 11.3 Å². The van der Waals surface area contributed by atoms with Crippen molar-refractivity contribution >= 4 is 29.1 Å². The van der Waals surface area contributed by atoms with Gasteiger partial charge in [0.25, 0.3) is 0 Å². The third-order valence-electron chi connectivity index (χ3n) is 2.63. The monoisotopic (exact) mass is 284 g/mol. The first-order chi connectivity index (χ1) is 8.30. The molecule has 18 heavy (non-hydrogen) atoms. The van der Waals surface area contributed by atoms with Crippen LogP contribution in [-0.2, 0) is 5.41 Å². The zero-order valence-electron chi connectivity index (χ0n) is 10.4. The molecule has 2 aromatic rings. The lowest BCUT2D eigenvalue weighted by atomic mass is 9.87. The van der Waals surface area contributed by atoms with E-state index in [2.05, 4.69) is 5.16 Å². The van der Waals surface area contributed by atoms with E-state index in [0.29, 0.717) is 10.0 Å². The van der Waals surface area contributed by atoms with Gasteiger partial charge >= 0.3 is 0 Å². The Labute approximate surface area is 116 Å². The molecule has 5 heteroatoms. The number of benzene rings is 1. The second-order valence-electron chi connectivity index (χ2n) is 5.14. The zero-order valence-corrected chi connectivity index (χ0v) is 11.9. The number of nitrogens with two attached hydrogens (primary N) is 1. The fourth-order valence-corrected chi connectivity index (χ4v) is 2.27. The van der Waals surface area contributed by atoms with Crippen molar-refractivity contribution in [3.63, 3.8) is 0 Å². The van der Waals surface area contributed by atoms with Crippen LogP contribution in [0.3, 0.4) is 0 Å². The van der Waals surface area contributed by atoms with Crippen molar-refractivity contribution in [2.75, 3.05) is 5.73 Å². The van der Waals surface area contributed by atoms with Gasteiger partial charge in [0.15, 0.2) is 0 Å². The van der Waals surface area contributed by atoms with E-state index in [4.69, 9.17) is 33.5 Å². The van der Waals surface area contributed by atoms with Crippen LogP contribution in [0.25, 0.3) is 11.1 Å². The number of hydrogen-bond acceptors (Lipinski definition) is 3. The Morgan fingerprint density at radius 2 is 1.89 bits per heavy atom. The minimum Gasteiger partial charge on any atom is -0.367 e. The van der Waals surface area contributed by atoms with Gasteiger partial charge in [0.05, 0.1) is 16.3 Å². The molecule has 0 aliphatic carbocycles. The first-order valence-corrected chi connectivity index (χ1v) is 6.27. The maximum atomic E-state index is 6.21. The average Bonchev–Trinajstić information content (AvgIpc) is 2.60. The maximum absolute atomic E-state index is 6.21. The Hall–Kier alpha value is -1.19. The van der Waals surface area contributed by atoms with E-state index in [9.17, 15) is 0 Å². The highest BCUT2D eigenvalue weighted by Gasteiger charge is 2.27. The van der Waals surface area contributed by atoms with Gasteiger partial charge in [-0.3, -0.25) is 0 Å². The number of hydrogen-bond donors (Lipinski definition) is 1. The predicted molar refractivity (Wildman–Crippen MR) is 75.1 cm³/mol. The number of rotatable bonds is 1. The molecule has 0 saturated heterocycles. The minimum absolute atomic E-state index is 0.181. The van der Waals surface area contributed by atoms with Crippen molar-refractivity contribution in [3.8, 4) is 11.1 Å². The van der Waals surface area contributed by atoms with E-state index in [0.717, 1.165) is 16.8 Å². The minimum atomic E-state index is -0.181. The number of nitrogens with zero attached hydrogens (tertiary/aromatic N) is 1. The maximum Gasteiger partial charge on any atom is 0.230 e. The Balaban J connectivity index is 2.67. The van der Waals surface area contributed by atoms with Gasteiger partial charge in [-0.1, -0.05) is 55.2 Å². The van der Waals surface area contributed by atoms with Gasteiger partial charge in [0.2, 0.25) is 5.88 Å². The smallest absolute Gasteiger partial charge is 0.230 e. The molecule has 0 radical (unpaired) electrons. The van der Waals surface area contributed by atoms with Gasteiger partial charge in [0, 0.05) is 16.0 Å². The standard InChI is InChI=1S/C13H14Cl2N2O/c1-13(2,3)11-10(12(16)18-17-11)8-5-4-7(14)6-9(8)15/h4-6H,16H2,1-3H3. The van der Waals surface area contributed by atoms with Gasteiger partial charge in [-0.15, -0.1) is 0 Å². The normalized spacial score (nSPS) is 11.8. The first-order valence-electron chi connectivity index (χ1n) is 5.51. The molecule has 0 bridgehead atoms. The Bertz CT molecular complexity index is 585. The average molecular weight is 285 g/mol. The summed E-state index contributed by atoms with van der Waals surface area (Å²) in [5.41, 5.74) is 7.98. The summed E-state index contributed by atoms with van der Waals surface area (Å²) in [6.45, 7) is 6.12. The Kier molecular flexibility index (Phi) is 3.30. The number of anilines is 1. The topological polar surface area (TPSA) is 52.0 Å². The summed E-state index contributed by atoms with van der Waals surface area (Å²) in [6.07, 6.45) is 0. The zero-order chi connectivity index (χ0) is 13.5. The quantitative estimate of drug-likeness (QED) is 0.837. The van der Waals surface area contributed by atoms with Crippen LogP contribution in [0.15, 0.2) is 22.7 Å². The van der Waals surface area contributed by atoms with Gasteiger partial charge in [-0.25, -0.2) is 0 Å². The van der Waals surface area contributed by atoms with Crippen LogP contribution in [0.1, 0.15) is 26.5 Å².